The lowest BCUT2D eigenvalue weighted by atomic mass is 10.1. The normalized spacial score (nSPS) is 18.8. The maximum atomic E-state index is 10.6. The first-order valence-corrected chi connectivity index (χ1v) is 7.58. The summed E-state index contributed by atoms with van der Waals surface area (Å²) in [5, 5.41) is 0. The van der Waals surface area contributed by atoms with E-state index in [1.165, 1.54) is 0 Å². The van der Waals surface area contributed by atoms with Crippen LogP contribution in [0.2, 0.25) is 0 Å². The van der Waals surface area contributed by atoms with E-state index in [4.69, 9.17) is 14.5 Å². The van der Waals surface area contributed by atoms with Crippen molar-refractivity contribution in [1.82, 2.24) is 4.90 Å². The molecule has 1 aliphatic heterocycles. The van der Waals surface area contributed by atoms with E-state index in [-0.39, 0.29) is 6.61 Å². The van der Waals surface area contributed by atoms with E-state index in [0.717, 1.165) is 39.0 Å². The Morgan fingerprint density at radius 3 is 2.53 bits per heavy atom. The average molecular weight is 267 g/mol. The molecule has 0 unspecified atom stereocenters. The maximum absolute atomic E-state index is 10.6. The van der Waals surface area contributed by atoms with Gasteiger partial charge in [0.1, 0.15) is 0 Å². The van der Waals surface area contributed by atoms with Crippen LogP contribution in [0.25, 0.3) is 0 Å². The van der Waals surface area contributed by atoms with E-state index in [9.17, 15) is 4.57 Å². The van der Waals surface area contributed by atoms with Crippen molar-refractivity contribution in [2.75, 3.05) is 32.9 Å². The quantitative estimate of drug-likeness (QED) is 0.670. The van der Waals surface area contributed by atoms with Gasteiger partial charge in [0.25, 0.3) is 0 Å². The summed E-state index contributed by atoms with van der Waals surface area (Å²) in [7, 11) is -4.33. The molecule has 1 saturated heterocycles. The van der Waals surface area contributed by atoms with Crippen molar-refractivity contribution in [3.8, 4) is 0 Å². The first-order chi connectivity index (χ1) is 8.03. The van der Waals surface area contributed by atoms with Crippen molar-refractivity contribution >= 4 is 7.82 Å². The summed E-state index contributed by atoms with van der Waals surface area (Å²) >= 11 is 0. The Hall–Kier alpha value is 0.0300. The van der Waals surface area contributed by atoms with Crippen LogP contribution in [-0.2, 0) is 13.8 Å². The van der Waals surface area contributed by atoms with Crippen LogP contribution in [0.1, 0.15) is 26.2 Å². The van der Waals surface area contributed by atoms with Gasteiger partial charge in [0.2, 0.25) is 0 Å². The second-order valence-corrected chi connectivity index (χ2v) is 5.44. The summed E-state index contributed by atoms with van der Waals surface area (Å²) in [4.78, 5) is 19.5. The number of ether oxygens (including phenoxy) is 1. The number of rotatable bonds is 7. The molecule has 0 spiro atoms. The molecule has 6 nitrogen and oxygen atoms in total. The largest absolute Gasteiger partial charge is 0.469 e. The summed E-state index contributed by atoms with van der Waals surface area (Å²) in [5.74, 6) is 0. The van der Waals surface area contributed by atoms with Gasteiger partial charge in [-0.3, -0.25) is 9.42 Å². The van der Waals surface area contributed by atoms with Gasteiger partial charge in [0.05, 0.1) is 6.61 Å². The van der Waals surface area contributed by atoms with Gasteiger partial charge in [-0.15, -0.1) is 0 Å². The van der Waals surface area contributed by atoms with Crippen LogP contribution in [0.15, 0.2) is 0 Å². The zero-order valence-corrected chi connectivity index (χ0v) is 11.1. The maximum Gasteiger partial charge on any atom is 0.469 e. The lowest BCUT2D eigenvalue weighted by Crippen LogP contribution is -2.41. The van der Waals surface area contributed by atoms with Crippen LogP contribution in [0.5, 0.6) is 0 Å². The third-order valence-electron chi connectivity index (χ3n) is 2.86. The summed E-state index contributed by atoms with van der Waals surface area (Å²) in [5.41, 5.74) is 0. The molecule has 0 aromatic rings. The van der Waals surface area contributed by atoms with Gasteiger partial charge < -0.3 is 14.5 Å². The Bertz CT molecular complexity index is 251. The fourth-order valence-corrected chi connectivity index (χ4v) is 2.41. The SMILES string of the molecule is CCCN(CCOP(=O)(O)O)C1CCOCC1. The van der Waals surface area contributed by atoms with Gasteiger partial charge in [0.15, 0.2) is 0 Å². The minimum atomic E-state index is -4.33. The zero-order valence-electron chi connectivity index (χ0n) is 10.2. The number of hydrogen-bond donors (Lipinski definition) is 2. The van der Waals surface area contributed by atoms with E-state index < -0.39 is 7.82 Å². The highest BCUT2D eigenvalue weighted by Gasteiger charge is 2.22. The number of nitrogens with zero attached hydrogens (tertiary/aromatic N) is 1. The molecule has 17 heavy (non-hydrogen) atoms. The summed E-state index contributed by atoms with van der Waals surface area (Å²) < 4.78 is 20.4. The van der Waals surface area contributed by atoms with Crippen LogP contribution in [0.3, 0.4) is 0 Å². The number of phosphoric ester groups is 1. The van der Waals surface area contributed by atoms with Gasteiger partial charge in [0, 0.05) is 25.8 Å². The van der Waals surface area contributed by atoms with Gasteiger partial charge >= 0.3 is 7.82 Å². The fourth-order valence-electron chi connectivity index (χ4n) is 2.09. The molecule has 1 fully saturated rings. The molecule has 7 heteroatoms. The molecule has 0 aromatic heterocycles. The van der Waals surface area contributed by atoms with E-state index in [2.05, 4.69) is 16.3 Å². The molecular weight excluding hydrogens is 245 g/mol. The average Bonchev–Trinajstić information content (AvgIpc) is 2.27. The third kappa shape index (κ3) is 6.50. The number of phosphoric acid groups is 1. The Labute approximate surface area is 102 Å². The van der Waals surface area contributed by atoms with Crippen molar-refractivity contribution in [3.05, 3.63) is 0 Å². The van der Waals surface area contributed by atoms with E-state index >= 15 is 0 Å². The second kappa shape index (κ2) is 7.46. The monoisotopic (exact) mass is 267 g/mol. The predicted octanol–water partition coefficient (Wildman–Crippen LogP) is 0.987. The minimum Gasteiger partial charge on any atom is -0.381 e. The summed E-state index contributed by atoms with van der Waals surface area (Å²) in [6.07, 6.45) is 2.99. The lowest BCUT2D eigenvalue weighted by Gasteiger charge is -2.34. The standard InChI is InChI=1S/C10H22NO5P/c1-2-5-11(6-9-16-17(12,13)14)10-3-7-15-8-4-10/h10H,2-9H2,1H3,(H2,12,13,14). The van der Waals surface area contributed by atoms with Crippen molar-refractivity contribution in [3.63, 3.8) is 0 Å². The molecule has 1 aliphatic rings. The van der Waals surface area contributed by atoms with Crippen LogP contribution >= 0.6 is 7.82 Å². The highest BCUT2D eigenvalue weighted by Crippen LogP contribution is 2.35. The molecule has 1 heterocycles. The third-order valence-corrected chi connectivity index (χ3v) is 3.37. The molecule has 0 saturated carbocycles. The highest BCUT2D eigenvalue weighted by molar-refractivity contribution is 7.46. The van der Waals surface area contributed by atoms with E-state index in [1.54, 1.807) is 0 Å². The Balaban J connectivity index is 2.34. The molecule has 2 N–H and O–H groups in total. The highest BCUT2D eigenvalue weighted by atomic mass is 31.2. The zero-order chi connectivity index (χ0) is 12.7. The van der Waals surface area contributed by atoms with Crippen molar-refractivity contribution in [2.45, 2.75) is 32.2 Å². The molecule has 0 aromatic carbocycles. The molecule has 0 amide bonds. The van der Waals surface area contributed by atoms with Crippen molar-refractivity contribution in [2.24, 2.45) is 0 Å². The topological polar surface area (TPSA) is 79.2 Å². The lowest BCUT2D eigenvalue weighted by molar-refractivity contribution is 0.0277. The molecule has 0 bridgehead atoms. The molecule has 0 atom stereocenters. The Kier molecular flexibility index (Phi) is 6.62. The van der Waals surface area contributed by atoms with Gasteiger partial charge in [-0.25, -0.2) is 4.57 Å². The van der Waals surface area contributed by atoms with E-state index in [1.807, 2.05) is 0 Å². The Morgan fingerprint density at radius 2 is 2.00 bits per heavy atom. The van der Waals surface area contributed by atoms with Crippen LogP contribution in [0.4, 0.5) is 0 Å². The van der Waals surface area contributed by atoms with E-state index in [0.29, 0.717) is 12.6 Å². The fraction of sp³-hybridized carbons (Fsp3) is 1.00. The summed E-state index contributed by atoms with van der Waals surface area (Å²) in [6, 6.07) is 0.448. The van der Waals surface area contributed by atoms with Crippen LogP contribution in [-0.4, -0.2) is 53.6 Å². The van der Waals surface area contributed by atoms with Gasteiger partial charge in [-0.1, -0.05) is 6.92 Å². The van der Waals surface area contributed by atoms with Gasteiger partial charge in [-0.05, 0) is 25.8 Å². The second-order valence-electron chi connectivity index (χ2n) is 4.20. The molecule has 0 aliphatic carbocycles. The van der Waals surface area contributed by atoms with Crippen LogP contribution in [0, 0.1) is 0 Å². The smallest absolute Gasteiger partial charge is 0.381 e. The van der Waals surface area contributed by atoms with Crippen molar-refractivity contribution in [1.29, 1.82) is 0 Å². The van der Waals surface area contributed by atoms with Gasteiger partial charge in [-0.2, -0.15) is 0 Å². The minimum absolute atomic E-state index is 0.0711. The molecule has 0 radical (unpaired) electrons. The first kappa shape index (κ1) is 15.1. The van der Waals surface area contributed by atoms with Crippen molar-refractivity contribution < 1.29 is 23.6 Å². The summed E-state index contributed by atoms with van der Waals surface area (Å²) in [6.45, 7) is 5.19. The van der Waals surface area contributed by atoms with Crippen LogP contribution < -0.4 is 0 Å². The molecular formula is C10H22NO5P. The Morgan fingerprint density at radius 1 is 1.35 bits per heavy atom. The molecule has 1 rings (SSSR count). The number of hydrogen-bond acceptors (Lipinski definition) is 4. The first-order valence-electron chi connectivity index (χ1n) is 6.05. The predicted molar refractivity (Wildman–Crippen MR) is 63.7 cm³/mol. The molecule has 102 valence electrons.